The van der Waals surface area contributed by atoms with Crippen LogP contribution in [-0.2, 0) is 6.54 Å². The average Bonchev–Trinajstić information content (AvgIpc) is 2.86. The highest BCUT2D eigenvalue weighted by Gasteiger charge is 2.21. The maximum absolute atomic E-state index is 4.25. The lowest BCUT2D eigenvalue weighted by molar-refractivity contribution is 0.348. The molecule has 3 rings (SSSR count). The van der Waals surface area contributed by atoms with Crippen molar-refractivity contribution in [3.8, 4) is 0 Å². The second-order valence-electron chi connectivity index (χ2n) is 5.79. The standard InChI is InChI=1S/C16H22N4/c1-12-6-5-7-13(2)14(12)10-17-11-16-19-18-15-8-3-4-9-20(15)16/h3-4,6,8-9,13-14,17H,5,7,10-11H2,1-2H3/t13-,14+/m0/s1. The molecular formula is C16H22N4. The summed E-state index contributed by atoms with van der Waals surface area (Å²) in [4.78, 5) is 0. The maximum atomic E-state index is 4.25. The molecular weight excluding hydrogens is 248 g/mol. The van der Waals surface area contributed by atoms with Gasteiger partial charge in [0.1, 0.15) is 0 Å². The van der Waals surface area contributed by atoms with Gasteiger partial charge in [-0.2, -0.15) is 0 Å². The highest BCUT2D eigenvalue weighted by molar-refractivity contribution is 5.36. The van der Waals surface area contributed by atoms with Gasteiger partial charge < -0.3 is 5.32 Å². The highest BCUT2D eigenvalue weighted by Crippen LogP contribution is 2.29. The molecule has 0 aromatic carbocycles. The quantitative estimate of drug-likeness (QED) is 0.869. The van der Waals surface area contributed by atoms with Crippen LogP contribution >= 0.6 is 0 Å². The van der Waals surface area contributed by atoms with Crippen LogP contribution in [0.3, 0.4) is 0 Å². The SMILES string of the molecule is CC1=CCC[C@H](C)[C@@H]1CNCc1nnc2ccccn12. The van der Waals surface area contributed by atoms with Crippen molar-refractivity contribution in [1.82, 2.24) is 19.9 Å². The Hall–Kier alpha value is -1.68. The second kappa shape index (κ2) is 5.75. The Labute approximate surface area is 119 Å². The second-order valence-corrected chi connectivity index (χ2v) is 5.79. The van der Waals surface area contributed by atoms with Crippen LogP contribution in [-0.4, -0.2) is 21.1 Å². The summed E-state index contributed by atoms with van der Waals surface area (Å²) in [5.41, 5.74) is 2.44. The zero-order valence-electron chi connectivity index (χ0n) is 12.2. The van der Waals surface area contributed by atoms with Crippen molar-refractivity contribution >= 4 is 5.65 Å². The number of allylic oxidation sites excluding steroid dienone is 1. The van der Waals surface area contributed by atoms with Gasteiger partial charge in [0, 0.05) is 12.7 Å². The molecule has 0 bridgehead atoms. The summed E-state index contributed by atoms with van der Waals surface area (Å²) in [6.45, 7) is 6.40. The molecule has 0 spiro atoms. The number of pyridine rings is 1. The summed E-state index contributed by atoms with van der Waals surface area (Å²) in [6.07, 6.45) is 6.94. The molecule has 4 heteroatoms. The Balaban J connectivity index is 1.62. The molecule has 1 N–H and O–H groups in total. The smallest absolute Gasteiger partial charge is 0.160 e. The van der Waals surface area contributed by atoms with Gasteiger partial charge in [-0.3, -0.25) is 4.40 Å². The summed E-state index contributed by atoms with van der Waals surface area (Å²) in [5.74, 6) is 2.40. The van der Waals surface area contributed by atoms with E-state index < -0.39 is 0 Å². The predicted molar refractivity (Wildman–Crippen MR) is 80.3 cm³/mol. The van der Waals surface area contributed by atoms with Crippen molar-refractivity contribution in [2.45, 2.75) is 33.2 Å². The van der Waals surface area contributed by atoms with Crippen LogP contribution in [0.15, 0.2) is 36.0 Å². The van der Waals surface area contributed by atoms with Gasteiger partial charge in [-0.15, -0.1) is 10.2 Å². The van der Waals surface area contributed by atoms with E-state index in [0.29, 0.717) is 5.92 Å². The molecule has 2 aromatic heterocycles. The first-order valence-corrected chi connectivity index (χ1v) is 7.41. The van der Waals surface area contributed by atoms with Gasteiger partial charge in [-0.25, -0.2) is 0 Å². The first-order valence-electron chi connectivity index (χ1n) is 7.41. The van der Waals surface area contributed by atoms with Crippen molar-refractivity contribution < 1.29 is 0 Å². The zero-order valence-corrected chi connectivity index (χ0v) is 12.2. The largest absolute Gasteiger partial charge is 0.309 e. The molecule has 2 aromatic rings. The molecule has 1 aliphatic rings. The number of rotatable bonds is 4. The number of nitrogens with one attached hydrogen (secondary N) is 1. The number of hydrogen-bond donors (Lipinski definition) is 1. The summed E-state index contributed by atoms with van der Waals surface area (Å²) in [6, 6.07) is 5.97. The molecule has 0 aliphatic heterocycles. The molecule has 0 fully saturated rings. The highest BCUT2D eigenvalue weighted by atomic mass is 15.3. The number of fused-ring (bicyclic) bond motifs is 1. The first kappa shape index (κ1) is 13.3. The normalized spacial score (nSPS) is 23.0. The lowest BCUT2D eigenvalue weighted by Crippen LogP contribution is -2.29. The number of nitrogens with zero attached hydrogens (tertiary/aromatic N) is 3. The van der Waals surface area contributed by atoms with Crippen LogP contribution in [0.2, 0.25) is 0 Å². The van der Waals surface area contributed by atoms with E-state index in [1.807, 2.05) is 28.8 Å². The van der Waals surface area contributed by atoms with E-state index in [0.717, 1.165) is 30.5 Å². The molecule has 0 saturated heterocycles. The van der Waals surface area contributed by atoms with Crippen LogP contribution < -0.4 is 5.32 Å². The van der Waals surface area contributed by atoms with Crippen molar-refractivity contribution in [3.63, 3.8) is 0 Å². The van der Waals surface area contributed by atoms with Gasteiger partial charge in [-0.1, -0.05) is 24.6 Å². The minimum absolute atomic E-state index is 0.655. The number of aromatic nitrogens is 3. The first-order chi connectivity index (χ1) is 9.75. The van der Waals surface area contributed by atoms with Crippen molar-refractivity contribution in [1.29, 1.82) is 0 Å². The molecule has 4 nitrogen and oxygen atoms in total. The van der Waals surface area contributed by atoms with E-state index >= 15 is 0 Å². The Morgan fingerprint density at radius 1 is 1.35 bits per heavy atom. The van der Waals surface area contributed by atoms with Gasteiger partial charge in [0.05, 0.1) is 6.54 Å². The third-order valence-corrected chi connectivity index (χ3v) is 4.39. The van der Waals surface area contributed by atoms with E-state index in [4.69, 9.17) is 0 Å². The van der Waals surface area contributed by atoms with Crippen molar-refractivity contribution in [3.05, 3.63) is 41.9 Å². The molecule has 0 saturated carbocycles. The van der Waals surface area contributed by atoms with Crippen molar-refractivity contribution in [2.24, 2.45) is 11.8 Å². The van der Waals surface area contributed by atoms with Crippen LogP contribution in [0.5, 0.6) is 0 Å². The molecule has 2 atom stereocenters. The fraction of sp³-hybridized carbons (Fsp3) is 0.500. The Morgan fingerprint density at radius 3 is 3.10 bits per heavy atom. The van der Waals surface area contributed by atoms with Gasteiger partial charge in [0.2, 0.25) is 0 Å². The maximum Gasteiger partial charge on any atom is 0.160 e. The third-order valence-electron chi connectivity index (χ3n) is 4.39. The van der Waals surface area contributed by atoms with E-state index in [1.54, 1.807) is 0 Å². The predicted octanol–water partition coefficient (Wildman–Crippen LogP) is 2.81. The van der Waals surface area contributed by atoms with Gasteiger partial charge in [0.15, 0.2) is 11.5 Å². The summed E-state index contributed by atoms with van der Waals surface area (Å²) >= 11 is 0. The Bertz CT molecular complexity index is 614. The van der Waals surface area contributed by atoms with Crippen molar-refractivity contribution in [2.75, 3.05) is 6.54 Å². The Morgan fingerprint density at radius 2 is 2.25 bits per heavy atom. The van der Waals surface area contributed by atoms with Gasteiger partial charge >= 0.3 is 0 Å². The van der Waals surface area contributed by atoms with Crippen LogP contribution in [0.25, 0.3) is 5.65 Å². The van der Waals surface area contributed by atoms with Gasteiger partial charge in [0.25, 0.3) is 0 Å². The van der Waals surface area contributed by atoms with E-state index in [-0.39, 0.29) is 0 Å². The molecule has 0 unspecified atom stereocenters. The molecule has 106 valence electrons. The fourth-order valence-electron chi connectivity index (χ4n) is 3.09. The Kier molecular flexibility index (Phi) is 3.83. The monoisotopic (exact) mass is 270 g/mol. The lowest BCUT2D eigenvalue weighted by atomic mass is 9.80. The van der Waals surface area contributed by atoms with E-state index in [1.165, 1.54) is 18.4 Å². The summed E-state index contributed by atoms with van der Waals surface area (Å²) < 4.78 is 2.04. The lowest BCUT2D eigenvalue weighted by Gasteiger charge is -2.28. The summed E-state index contributed by atoms with van der Waals surface area (Å²) in [7, 11) is 0. The van der Waals surface area contributed by atoms with Crippen LogP contribution in [0, 0.1) is 11.8 Å². The molecule has 20 heavy (non-hydrogen) atoms. The van der Waals surface area contributed by atoms with Gasteiger partial charge in [-0.05, 0) is 43.7 Å². The topological polar surface area (TPSA) is 42.2 Å². The number of hydrogen-bond acceptors (Lipinski definition) is 3. The minimum atomic E-state index is 0.655. The van der Waals surface area contributed by atoms with E-state index in [9.17, 15) is 0 Å². The molecule has 0 amide bonds. The minimum Gasteiger partial charge on any atom is -0.309 e. The van der Waals surface area contributed by atoms with E-state index in [2.05, 4.69) is 35.4 Å². The molecule has 2 heterocycles. The third kappa shape index (κ3) is 2.61. The van der Waals surface area contributed by atoms with Crippen LogP contribution in [0.1, 0.15) is 32.5 Å². The average molecular weight is 270 g/mol. The fourth-order valence-corrected chi connectivity index (χ4v) is 3.09. The van der Waals surface area contributed by atoms with Crippen LogP contribution in [0.4, 0.5) is 0 Å². The summed E-state index contributed by atoms with van der Waals surface area (Å²) in [5, 5.41) is 12.0. The molecule has 0 radical (unpaired) electrons. The zero-order chi connectivity index (χ0) is 13.9. The molecule has 1 aliphatic carbocycles.